The van der Waals surface area contributed by atoms with E-state index in [1.807, 2.05) is 32.0 Å². The highest BCUT2D eigenvalue weighted by Gasteiger charge is 2.16. The highest BCUT2D eigenvalue weighted by atomic mass is 16.3. The zero-order valence-corrected chi connectivity index (χ0v) is 13.2. The van der Waals surface area contributed by atoms with Gasteiger partial charge in [-0.2, -0.15) is 0 Å². The Hall–Kier alpha value is -2.66. The van der Waals surface area contributed by atoms with Crippen molar-refractivity contribution in [1.29, 1.82) is 0 Å². The van der Waals surface area contributed by atoms with E-state index >= 15 is 0 Å². The van der Waals surface area contributed by atoms with Gasteiger partial charge in [0.2, 0.25) is 0 Å². The number of benzene rings is 2. The van der Waals surface area contributed by atoms with Crippen LogP contribution in [-0.2, 0) is 9.59 Å². The van der Waals surface area contributed by atoms with Crippen molar-refractivity contribution in [3.8, 4) is 0 Å². The van der Waals surface area contributed by atoms with Crippen LogP contribution in [0.15, 0.2) is 48.5 Å². The van der Waals surface area contributed by atoms with Gasteiger partial charge in [-0.05, 0) is 31.0 Å². The lowest BCUT2D eigenvalue weighted by molar-refractivity contribution is -0.136. The standard InChI is InChI=1S/C18H20N2O3/c1-12-8-9-15(13(2)10-12)20-18(23)17(22)19-11-16(21)14-6-4-3-5-7-14/h3-10,16,21H,11H2,1-2H3,(H,19,22)(H,20,23)/t16-/m1/s1. The molecule has 0 aliphatic carbocycles. The fourth-order valence-corrected chi connectivity index (χ4v) is 2.20. The Morgan fingerprint density at radius 1 is 1.04 bits per heavy atom. The molecule has 5 heteroatoms. The van der Waals surface area contributed by atoms with Crippen LogP contribution in [0.1, 0.15) is 22.8 Å². The molecule has 0 saturated carbocycles. The number of aliphatic hydroxyl groups excluding tert-OH is 1. The lowest BCUT2D eigenvalue weighted by Crippen LogP contribution is -2.37. The molecule has 0 spiro atoms. The highest BCUT2D eigenvalue weighted by molar-refractivity contribution is 6.39. The number of carbonyl (C=O) groups is 2. The second-order valence-corrected chi connectivity index (χ2v) is 5.41. The Kier molecular flexibility index (Phi) is 5.49. The summed E-state index contributed by atoms with van der Waals surface area (Å²) in [6.07, 6.45) is -0.853. The molecule has 1 atom stereocenters. The molecule has 0 bridgehead atoms. The zero-order valence-electron chi connectivity index (χ0n) is 13.2. The maximum absolute atomic E-state index is 11.9. The smallest absolute Gasteiger partial charge is 0.313 e. The van der Waals surface area contributed by atoms with Crippen LogP contribution in [-0.4, -0.2) is 23.5 Å². The third-order valence-corrected chi connectivity index (χ3v) is 3.48. The Labute approximate surface area is 135 Å². The minimum Gasteiger partial charge on any atom is -0.387 e. The first-order valence-corrected chi connectivity index (χ1v) is 7.37. The van der Waals surface area contributed by atoms with Gasteiger partial charge in [0.1, 0.15) is 0 Å². The second kappa shape index (κ2) is 7.56. The number of carbonyl (C=O) groups excluding carboxylic acids is 2. The molecule has 2 amide bonds. The summed E-state index contributed by atoms with van der Waals surface area (Å²) in [5.74, 6) is -1.53. The molecule has 120 valence electrons. The van der Waals surface area contributed by atoms with E-state index in [4.69, 9.17) is 0 Å². The van der Waals surface area contributed by atoms with Gasteiger partial charge < -0.3 is 15.7 Å². The van der Waals surface area contributed by atoms with Crippen LogP contribution < -0.4 is 10.6 Å². The Bertz CT molecular complexity index is 699. The Morgan fingerprint density at radius 3 is 2.39 bits per heavy atom. The molecule has 5 nitrogen and oxygen atoms in total. The molecule has 2 aromatic rings. The van der Waals surface area contributed by atoms with Crippen LogP contribution >= 0.6 is 0 Å². The van der Waals surface area contributed by atoms with Crippen molar-refractivity contribution >= 4 is 17.5 Å². The average molecular weight is 312 g/mol. The normalized spacial score (nSPS) is 11.6. The predicted octanol–water partition coefficient (Wildman–Crippen LogP) is 2.09. The molecule has 0 aliphatic rings. The molecule has 0 saturated heterocycles. The van der Waals surface area contributed by atoms with Gasteiger partial charge >= 0.3 is 11.8 Å². The van der Waals surface area contributed by atoms with Gasteiger partial charge in [-0.25, -0.2) is 0 Å². The van der Waals surface area contributed by atoms with Crippen molar-refractivity contribution in [1.82, 2.24) is 5.32 Å². The van der Waals surface area contributed by atoms with E-state index in [9.17, 15) is 14.7 Å². The van der Waals surface area contributed by atoms with Crippen LogP contribution in [0.2, 0.25) is 0 Å². The molecule has 3 N–H and O–H groups in total. The van der Waals surface area contributed by atoms with Crippen molar-refractivity contribution in [2.45, 2.75) is 20.0 Å². The minimum atomic E-state index is -0.853. The molecule has 2 rings (SSSR count). The van der Waals surface area contributed by atoms with Gasteiger partial charge in [-0.1, -0.05) is 48.0 Å². The summed E-state index contributed by atoms with van der Waals surface area (Å²) in [5.41, 5.74) is 3.24. The molecule has 0 fully saturated rings. The van der Waals surface area contributed by atoms with Gasteiger partial charge in [0.15, 0.2) is 0 Å². The van der Waals surface area contributed by atoms with Crippen molar-refractivity contribution in [2.75, 3.05) is 11.9 Å². The summed E-state index contributed by atoms with van der Waals surface area (Å²) in [6, 6.07) is 14.5. The molecule has 0 heterocycles. The average Bonchev–Trinajstić information content (AvgIpc) is 2.55. The second-order valence-electron chi connectivity index (χ2n) is 5.41. The van der Waals surface area contributed by atoms with Crippen LogP contribution in [0.3, 0.4) is 0 Å². The minimum absolute atomic E-state index is 0.0247. The van der Waals surface area contributed by atoms with Crippen molar-refractivity contribution < 1.29 is 14.7 Å². The van der Waals surface area contributed by atoms with E-state index in [2.05, 4.69) is 10.6 Å². The number of hydrogen-bond donors (Lipinski definition) is 3. The summed E-state index contributed by atoms with van der Waals surface area (Å²) in [6.45, 7) is 3.79. The summed E-state index contributed by atoms with van der Waals surface area (Å²) >= 11 is 0. The summed E-state index contributed by atoms with van der Waals surface area (Å²) < 4.78 is 0. The number of aryl methyl sites for hydroxylation is 2. The van der Waals surface area contributed by atoms with Crippen molar-refractivity contribution in [3.63, 3.8) is 0 Å². The third kappa shape index (κ3) is 4.66. The zero-order chi connectivity index (χ0) is 16.8. The SMILES string of the molecule is Cc1ccc(NC(=O)C(=O)NC[C@@H](O)c2ccccc2)c(C)c1. The van der Waals surface area contributed by atoms with Crippen LogP contribution in [0.5, 0.6) is 0 Å². The summed E-state index contributed by atoms with van der Waals surface area (Å²) in [5, 5.41) is 15.0. The van der Waals surface area contributed by atoms with Gasteiger partial charge in [0.25, 0.3) is 0 Å². The third-order valence-electron chi connectivity index (χ3n) is 3.48. The first kappa shape index (κ1) is 16.7. The predicted molar refractivity (Wildman–Crippen MR) is 89.0 cm³/mol. The van der Waals surface area contributed by atoms with Crippen LogP contribution in [0.4, 0.5) is 5.69 Å². The number of nitrogens with one attached hydrogen (secondary N) is 2. The highest BCUT2D eigenvalue weighted by Crippen LogP contribution is 2.16. The maximum Gasteiger partial charge on any atom is 0.313 e. The monoisotopic (exact) mass is 312 g/mol. The maximum atomic E-state index is 11.9. The van der Waals surface area contributed by atoms with Gasteiger partial charge in [0, 0.05) is 12.2 Å². The lowest BCUT2D eigenvalue weighted by atomic mass is 10.1. The van der Waals surface area contributed by atoms with Gasteiger partial charge in [-0.3, -0.25) is 9.59 Å². The summed E-state index contributed by atoms with van der Waals surface area (Å²) in [7, 11) is 0. The molecular formula is C18H20N2O3. The van der Waals surface area contributed by atoms with Crippen molar-refractivity contribution in [2.24, 2.45) is 0 Å². The molecule has 23 heavy (non-hydrogen) atoms. The molecule has 0 radical (unpaired) electrons. The fraction of sp³-hybridized carbons (Fsp3) is 0.222. The van der Waals surface area contributed by atoms with Gasteiger partial charge in [0.05, 0.1) is 6.10 Å². The van der Waals surface area contributed by atoms with E-state index < -0.39 is 17.9 Å². The number of rotatable bonds is 4. The van der Waals surface area contributed by atoms with E-state index in [0.717, 1.165) is 11.1 Å². The molecular weight excluding hydrogens is 292 g/mol. The Morgan fingerprint density at radius 2 is 1.74 bits per heavy atom. The number of amides is 2. The molecule has 0 aromatic heterocycles. The van der Waals surface area contributed by atoms with Crippen molar-refractivity contribution in [3.05, 3.63) is 65.2 Å². The van der Waals surface area contributed by atoms with E-state index in [1.165, 1.54) is 0 Å². The molecule has 0 unspecified atom stereocenters. The Balaban J connectivity index is 1.89. The first-order chi connectivity index (χ1) is 11.0. The number of hydrogen-bond acceptors (Lipinski definition) is 3. The fourth-order valence-electron chi connectivity index (χ4n) is 2.20. The van der Waals surface area contributed by atoms with E-state index in [0.29, 0.717) is 11.3 Å². The van der Waals surface area contributed by atoms with Crippen LogP contribution in [0, 0.1) is 13.8 Å². The lowest BCUT2D eigenvalue weighted by Gasteiger charge is -2.13. The topological polar surface area (TPSA) is 78.4 Å². The largest absolute Gasteiger partial charge is 0.387 e. The summed E-state index contributed by atoms with van der Waals surface area (Å²) in [4.78, 5) is 23.7. The first-order valence-electron chi connectivity index (χ1n) is 7.37. The number of anilines is 1. The molecule has 2 aromatic carbocycles. The van der Waals surface area contributed by atoms with Crippen LogP contribution in [0.25, 0.3) is 0 Å². The van der Waals surface area contributed by atoms with E-state index in [1.54, 1.807) is 30.3 Å². The van der Waals surface area contributed by atoms with E-state index in [-0.39, 0.29) is 6.54 Å². The van der Waals surface area contributed by atoms with Gasteiger partial charge in [-0.15, -0.1) is 0 Å². The number of aliphatic hydroxyl groups is 1. The molecule has 0 aliphatic heterocycles. The quantitative estimate of drug-likeness (QED) is 0.757.